The van der Waals surface area contributed by atoms with Gasteiger partial charge in [-0.15, -0.1) is 0 Å². The Balaban J connectivity index is 1.49. The summed E-state index contributed by atoms with van der Waals surface area (Å²) in [5.74, 6) is 0.627. The number of rotatable bonds is 4. The van der Waals surface area contributed by atoms with E-state index in [1.807, 2.05) is 34.2 Å². The van der Waals surface area contributed by atoms with Crippen molar-refractivity contribution in [3.05, 3.63) is 36.2 Å². The number of likely N-dealkylation sites (tertiary alicyclic amines) is 2. The van der Waals surface area contributed by atoms with E-state index in [1.165, 1.54) is 0 Å². The Bertz CT molecular complexity index is 817. The maximum atomic E-state index is 13.0. The summed E-state index contributed by atoms with van der Waals surface area (Å²) in [6.45, 7) is 2.72. The van der Waals surface area contributed by atoms with E-state index in [2.05, 4.69) is 5.10 Å². The fourth-order valence-electron chi connectivity index (χ4n) is 4.36. The standard InChI is InChI=1S/C19H25N5O2/c20-8-3-9-23-16-7-11-22(13-14(16)5-6-18(23)25)19(26)15-12-21-24-10-2-1-4-17(15)24/h1-2,4,10,12,14,16H,3,5-9,11,13,20H2/t14-,16+/m0/s1. The van der Waals surface area contributed by atoms with Crippen molar-refractivity contribution in [1.29, 1.82) is 0 Å². The van der Waals surface area contributed by atoms with Crippen LogP contribution in [-0.2, 0) is 4.79 Å². The summed E-state index contributed by atoms with van der Waals surface area (Å²) in [6.07, 6.45) is 6.61. The minimum Gasteiger partial charge on any atom is -0.339 e. The molecule has 138 valence electrons. The zero-order chi connectivity index (χ0) is 18.1. The molecule has 2 atom stereocenters. The van der Waals surface area contributed by atoms with E-state index in [0.717, 1.165) is 31.3 Å². The molecule has 0 spiro atoms. The van der Waals surface area contributed by atoms with Gasteiger partial charge in [-0.1, -0.05) is 6.07 Å². The number of hydrogen-bond acceptors (Lipinski definition) is 4. The van der Waals surface area contributed by atoms with Gasteiger partial charge in [-0.25, -0.2) is 4.52 Å². The summed E-state index contributed by atoms with van der Waals surface area (Å²) < 4.78 is 1.73. The number of fused-ring (bicyclic) bond motifs is 2. The fraction of sp³-hybridized carbons (Fsp3) is 0.526. The van der Waals surface area contributed by atoms with Crippen molar-refractivity contribution >= 4 is 17.3 Å². The molecule has 2 aliphatic heterocycles. The molecule has 0 unspecified atom stereocenters. The molecule has 0 aromatic carbocycles. The van der Waals surface area contributed by atoms with Crippen molar-refractivity contribution in [2.75, 3.05) is 26.2 Å². The molecule has 0 bridgehead atoms. The Kier molecular flexibility index (Phi) is 4.63. The van der Waals surface area contributed by atoms with E-state index >= 15 is 0 Å². The third-order valence-electron chi connectivity index (χ3n) is 5.69. The van der Waals surface area contributed by atoms with Gasteiger partial charge in [-0.05, 0) is 43.9 Å². The van der Waals surface area contributed by atoms with Gasteiger partial charge in [0, 0.05) is 38.3 Å². The lowest BCUT2D eigenvalue weighted by Gasteiger charge is -2.47. The third-order valence-corrected chi connectivity index (χ3v) is 5.69. The van der Waals surface area contributed by atoms with Crippen LogP contribution < -0.4 is 5.73 Å². The first-order valence-electron chi connectivity index (χ1n) is 9.40. The number of hydrogen-bond donors (Lipinski definition) is 1. The van der Waals surface area contributed by atoms with Crippen LogP contribution in [0.2, 0.25) is 0 Å². The second kappa shape index (κ2) is 7.07. The molecule has 2 N–H and O–H groups in total. The van der Waals surface area contributed by atoms with Crippen molar-refractivity contribution < 1.29 is 9.59 Å². The zero-order valence-electron chi connectivity index (χ0n) is 14.9. The second-order valence-corrected chi connectivity index (χ2v) is 7.22. The number of carbonyl (C=O) groups is 2. The highest BCUT2D eigenvalue weighted by Gasteiger charge is 2.40. The SMILES string of the molecule is NCCCN1C(=O)CC[C@H]2CN(C(=O)c3cnn4ccccc34)CC[C@H]21. The Morgan fingerprint density at radius 1 is 1.31 bits per heavy atom. The monoisotopic (exact) mass is 355 g/mol. The number of nitrogens with zero attached hydrogens (tertiary/aromatic N) is 4. The highest BCUT2D eigenvalue weighted by molar-refractivity contribution is 6.00. The van der Waals surface area contributed by atoms with Gasteiger partial charge in [0.15, 0.2) is 0 Å². The van der Waals surface area contributed by atoms with Gasteiger partial charge in [0.25, 0.3) is 5.91 Å². The van der Waals surface area contributed by atoms with E-state index in [0.29, 0.717) is 37.5 Å². The molecule has 2 amide bonds. The van der Waals surface area contributed by atoms with Crippen LogP contribution >= 0.6 is 0 Å². The molecule has 2 fully saturated rings. The molecule has 2 aliphatic rings. The zero-order valence-corrected chi connectivity index (χ0v) is 14.9. The maximum Gasteiger partial charge on any atom is 0.257 e. The molecule has 26 heavy (non-hydrogen) atoms. The Labute approximate surface area is 152 Å². The van der Waals surface area contributed by atoms with Crippen molar-refractivity contribution in [2.24, 2.45) is 11.7 Å². The summed E-state index contributed by atoms with van der Waals surface area (Å²) in [7, 11) is 0. The summed E-state index contributed by atoms with van der Waals surface area (Å²) in [5.41, 5.74) is 7.11. The molecule has 0 saturated carbocycles. The van der Waals surface area contributed by atoms with Gasteiger partial charge >= 0.3 is 0 Å². The molecular formula is C19H25N5O2. The first kappa shape index (κ1) is 17.0. The van der Waals surface area contributed by atoms with Crippen LogP contribution in [0.15, 0.2) is 30.6 Å². The van der Waals surface area contributed by atoms with Crippen LogP contribution in [0.5, 0.6) is 0 Å². The molecule has 2 aromatic heterocycles. The van der Waals surface area contributed by atoms with Gasteiger partial charge in [0.1, 0.15) is 0 Å². The molecule has 4 rings (SSSR count). The highest BCUT2D eigenvalue weighted by Crippen LogP contribution is 2.32. The second-order valence-electron chi connectivity index (χ2n) is 7.22. The topological polar surface area (TPSA) is 83.9 Å². The molecule has 0 aliphatic carbocycles. The van der Waals surface area contributed by atoms with E-state index in [1.54, 1.807) is 10.7 Å². The average Bonchev–Trinajstić information content (AvgIpc) is 3.10. The first-order chi connectivity index (χ1) is 12.7. The van der Waals surface area contributed by atoms with Crippen LogP contribution in [0.1, 0.15) is 36.0 Å². The summed E-state index contributed by atoms with van der Waals surface area (Å²) in [5, 5.41) is 4.28. The van der Waals surface area contributed by atoms with Gasteiger partial charge in [-0.2, -0.15) is 5.10 Å². The van der Waals surface area contributed by atoms with Crippen molar-refractivity contribution in [3.8, 4) is 0 Å². The number of pyridine rings is 1. The lowest BCUT2D eigenvalue weighted by atomic mass is 9.83. The highest BCUT2D eigenvalue weighted by atomic mass is 16.2. The van der Waals surface area contributed by atoms with Gasteiger partial charge in [-0.3, -0.25) is 9.59 Å². The molecule has 7 nitrogen and oxygen atoms in total. The number of nitrogens with two attached hydrogens (primary N) is 1. The van der Waals surface area contributed by atoms with Crippen molar-refractivity contribution in [2.45, 2.75) is 31.7 Å². The average molecular weight is 355 g/mol. The van der Waals surface area contributed by atoms with Crippen LogP contribution in [0, 0.1) is 5.92 Å². The smallest absolute Gasteiger partial charge is 0.257 e. The van der Waals surface area contributed by atoms with E-state index < -0.39 is 0 Å². The normalized spacial score (nSPS) is 23.3. The van der Waals surface area contributed by atoms with Crippen LogP contribution in [-0.4, -0.2) is 63.4 Å². The van der Waals surface area contributed by atoms with Crippen molar-refractivity contribution in [3.63, 3.8) is 0 Å². The minimum atomic E-state index is 0.0371. The molecule has 0 radical (unpaired) electrons. The largest absolute Gasteiger partial charge is 0.339 e. The third kappa shape index (κ3) is 2.96. The molecule has 4 heterocycles. The van der Waals surface area contributed by atoms with E-state index in [9.17, 15) is 9.59 Å². The van der Waals surface area contributed by atoms with Crippen LogP contribution in [0.4, 0.5) is 0 Å². The van der Waals surface area contributed by atoms with E-state index in [4.69, 9.17) is 5.73 Å². The van der Waals surface area contributed by atoms with Gasteiger partial charge < -0.3 is 15.5 Å². The van der Waals surface area contributed by atoms with Gasteiger partial charge in [0.05, 0.1) is 17.3 Å². The maximum absolute atomic E-state index is 13.0. The number of piperidine rings is 2. The predicted octanol–water partition coefficient (Wildman–Crippen LogP) is 1.14. The Morgan fingerprint density at radius 2 is 2.19 bits per heavy atom. The lowest BCUT2D eigenvalue weighted by Crippen LogP contribution is -2.57. The quantitative estimate of drug-likeness (QED) is 0.891. The number of carbonyl (C=O) groups excluding carboxylic acids is 2. The molecule has 2 saturated heterocycles. The van der Waals surface area contributed by atoms with Gasteiger partial charge in [0.2, 0.25) is 5.91 Å². The number of aromatic nitrogens is 2. The molecule has 7 heteroatoms. The first-order valence-corrected chi connectivity index (χ1v) is 9.40. The Morgan fingerprint density at radius 3 is 3.04 bits per heavy atom. The van der Waals surface area contributed by atoms with E-state index in [-0.39, 0.29) is 17.9 Å². The van der Waals surface area contributed by atoms with Crippen molar-refractivity contribution in [1.82, 2.24) is 19.4 Å². The molecule has 2 aromatic rings. The Hall–Kier alpha value is -2.41. The van der Waals surface area contributed by atoms with Crippen LogP contribution in [0.25, 0.3) is 5.52 Å². The predicted molar refractivity (Wildman–Crippen MR) is 97.6 cm³/mol. The number of amides is 2. The summed E-state index contributed by atoms with van der Waals surface area (Å²) >= 11 is 0. The fourth-order valence-corrected chi connectivity index (χ4v) is 4.36. The minimum absolute atomic E-state index is 0.0371. The van der Waals surface area contributed by atoms with Crippen LogP contribution in [0.3, 0.4) is 0 Å². The summed E-state index contributed by atoms with van der Waals surface area (Å²) in [6, 6.07) is 5.98. The summed E-state index contributed by atoms with van der Waals surface area (Å²) in [4.78, 5) is 29.3. The molecular weight excluding hydrogens is 330 g/mol. The lowest BCUT2D eigenvalue weighted by molar-refractivity contribution is -0.140.